The molecule has 2 N–H and O–H groups in total. The molecule has 1 fully saturated rings. The van der Waals surface area contributed by atoms with Crippen LogP contribution in [-0.4, -0.2) is 29.4 Å². The second-order valence-corrected chi connectivity index (χ2v) is 3.62. The lowest BCUT2D eigenvalue weighted by Gasteiger charge is -2.34. The van der Waals surface area contributed by atoms with Gasteiger partial charge in [-0.1, -0.05) is 6.08 Å². The number of carbonyl (C=O) groups is 1. The van der Waals surface area contributed by atoms with Crippen LogP contribution in [0, 0.1) is 0 Å². The molecule has 0 saturated carbocycles. The summed E-state index contributed by atoms with van der Waals surface area (Å²) in [6, 6.07) is -0.0754. The summed E-state index contributed by atoms with van der Waals surface area (Å²) in [5.41, 5.74) is 0. The predicted octanol–water partition coefficient (Wildman–Crippen LogP) is 1.77. The molecule has 4 heteroatoms. The monoisotopic (exact) mass is 199 g/mol. The van der Waals surface area contributed by atoms with Gasteiger partial charge >= 0.3 is 6.09 Å². The zero-order valence-electron chi connectivity index (χ0n) is 8.40. The molecule has 3 atom stereocenters. The highest BCUT2D eigenvalue weighted by molar-refractivity contribution is 5.64. The summed E-state index contributed by atoms with van der Waals surface area (Å²) >= 11 is 0. The molecule has 1 saturated heterocycles. The van der Waals surface area contributed by atoms with E-state index < -0.39 is 6.09 Å². The van der Waals surface area contributed by atoms with E-state index in [-0.39, 0.29) is 18.2 Å². The largest absolute Gasteiger partial charge is 0.465 e. The van der Waals surface area contributed by atoms with Crippen molar-refractivity contribution in [3.05, 3.63) is 12.7 Å². The fourth-order valence-electron chi connectivity index (χ4n) is 1.77. The average molecular weight is 199 g/mol. The van der Waals surface area contributed by atoms with Gasteiger partial charge in [0.05, 0.1) is 18.2 Å². The molecular formula is C10H17NO3. The van der Waals surface area contributed by atoms with E-state index in [0.717, 1.165) is 19.3 Å². The average Bonchev–Trinajstić information content (AvgIpc) is 2.10. The first-order valence-corrected chi connectivity index (χ1v) is 4.89. The third-order valence-corrected chi connectivity index (χ3v) is 2.51. The summed E-state index contributed by atoms with van der Waals surface area (Å²) in [6.07, 6.45) is 3.58. The van der Waals surface area contributed by atoms with Gasteiger partial charge < -0.3 is 15.2 Å². The summed E-state index contributed by atoms with van der Waals surface area (Å²) in [7, 11) is 0. The van der Waals surface area contributed by atoms with Gasteiger partial charge in [-0.3, -0.25) is 0 Å². The van der Waals surface area contributed by atoms with E-state index in [0.29, 0.717) is 0 Å². The number of ether oxygens (including phenoxy) is 1. The summed E-state index contributed by atoms with van der Waals surface area (Å²) < 4.78 is 5.64. The second-order valence-electron chi connectivity index (χ2n) is 3.62. The topological polar surface area (TPSA) is 58.6 Å². The first kappa shape index (κ1) is 11.0. The number of hydrogen-bond donors (Lipinski definition) is 2. The minimum Gasteiger partial charge on any atom is -0.465 e. The van der Waals surface area contributed by atoms with Crippen LogP contribution in [0.5, 0.6) is 0 Å². The second kappa shape index (κ2) is 5.00. The Labute approximate surface area is 83.9 Å². The molecule has 0 aromatic heterocycles. The normalized spacial score (nSPS) is 32.2. The predicted molar refractivity (Wildman–Crippen MR) is 53.3 cm³/mol. The van der Waals surface area contributed by atoms with Gasteiger partial charge in [0.2, 0.25) is 0 Å². The smallest absolute Gasteiger partial charge is 0.404 e. The van der Waals surface area contributed by atoms with Crippen LogP contribution in [0.15, 0.2) is 12.7 Å². The number of rotatable bonds is 3. The Hall–Kier alpha value is -1.03. The first-order valence-electron chi connectivity index (χ1n) is 4.89. The van der Waals surface area contributed by atoms with Gasteiger partial charge in [0.1, 0.15) is 0 Å². The fraction of sp³-hybridized carbons (Fsp3) is 0.700. The summed E-state index contributed by atoms with van der Waals surface area (Å²) in [5, 5.41) is 11.0. The van der Waals surface area contributed by atoms with Crippen molar-refractivity contribution in [1.82, 2.24) is 5.32 Å². The third-order valence-electron chi connectivity index (χ3n) is 2.51. The maximum atomic E-state index is 10.4. The SMILES string of the molecule is C=CC[C@H]1CC[C@@H](NC(=O)O)[C@@H](C)O1. The molecule has 0 aromatic rings. The summed E-state index contributed by atoms with van der Waals surface area (Å²) in [4.78, 5) is 10.4. The van der Waals surface area contributed by atoms with Crippen molar-refractivity contribution in [2.24, 2.45) is 0 Å². The lowest BCUT2D eigenvalue weighted by atomic mass is 9.98. The zero-order valence-corrected chi connectivity index (χ0v) is 8.40. The minimum atomic E-state index is -0.979. The van der Waals surface area contributed by atoms with Gasteiger partial charge in [0.15, 0.2) is 0 Å². The van der Waals surface area contributed by atoms with Gasteiger partial charge in [-0.2, -0.15) is 0 Å². The highest BCUT2D eigenvalue weighted by atomic mass is 16.5. The van der Waals surface area contributed by atoms with Gasteiger partial charge in [-0.15, -0.1) is 6.58 Å². The van der Waals surface area contributed by atoms with Crippen LogP contribution in [0.2, 0.25) is 0 Å². The maximum absolute atomic E-state index is 10.4. The molecule has 1 aliphatic heterocycles. The lowest BCUT2D eigenvalue weighted by Crippen LogP contribution is -2.47. The Bertz CT molecular complexity index is 217. The van der Waals surface area contributed by atoms with Gasteiger partial charge in [-0.05, 0) is 26.2 Å². The minimum absolute atomic E-state index is 0.0511. The summed E-state index contributed by atoms with van der Waals surface area (Å²) in [5.74, 6) is 0. The van der Waals surface area contributed by atoms with Crippen molar-refractivity contribution in [1.29, 1.82) is 0 Å². The van der Waals surface area contributed by atoms with E-state index in [9.17, 15) is 4.79 Å². The van der Waals surface area contributed by atoms with Crippen molar-refractivity contribution in [2.75, 3.05) is 0 Å². The van der Waals surface area contributed by atoms with Crippen molar-refractivity contribution in [2.45, 2.75) is 44.4 Å². The standard InChI is InChI=1S/C10H17NO3/c1-3-4-8-5-6-9(7(2)14-8)11-10(12)13/h3,7-9,11H,1,4-6H2,2H3,(H,12,13)/t7-,8+,9-/m1/s1. The summed E-state index contributed by atoms with van der Waals surface area (Å²) in [6.45, 7) is 5.56. The number of hydrogen-bond acceptors (Lipinski definition) is 2. The zero-order chi connectivity index (χ0) is 10.6. The molecule has 0 unspecified atom stereocenters. The van der Waals surface area contributed by atoms with Crippen LogP contribution < -0.4 is 5.32 Å². The molecule has 14 heavy (non-hydrogen) atoms. The molecule has 0 aromatic carbocycles. The van der Waals surface area contributed by atoms with Crippen molar-refractivity contribution in [3.8, 4) is 0 Å². The highest BCUT2D eigenvalue weighted by Gasteiger charge is 2.28. The quantitative estimate of drug-likeness (QED) is 0.681. The molecule has 1 heterocycles. The molecule has 0 spiro atoms. The van der Waals surface area contributed by atoms with Crippen molar-refractivity contribution < 1.29 is 14.6 Å². The van der Waals surface area contributed by atoms with E-state index in [2.05, 4.69) is 11.9 Å². The Morgan fingerprint density at radius 2 is 2.43 bits per heavy atom. The Morgan fingerprint density at radius 1 is 1.71 bits per heavy atom. The van der Waals surface area contributed by atoms with Crippen molar-refractivity contribution >= 4 is 6.09 Å². The van der Waals surface area contributed by atoms with E-state index in [1.165, 1.54) is 0 Å². The lowest BCUT2D eigenvalue weighted by molar-refractivity contribution is -0.0553. The third kappa shape index (κ3) is 3.03. The Morgan fingerprint density at radius 3 is 2.93 bits per heavy atom. The molecule has 1 aliphatic rings. The van der Waals surface area contributed by atoms with Crippen LogP contribution in [0.3, 0.4) is 0 Å². The molecule has 80 valence electrons. The molecule has 0 radical (unpaired) electrons. The number of amides is 1. The number of nitrogens with one attached hydrogen (secondary N) is 1. The fourth-order valence-corrected chi connectivity index (χ4v) is 1.77. The van der Waals surface area contributed by atoms with Crippen LogP contribution in [-0.2, 0) is 4.74 Å². The maximum Gasteiger partial charge on any atom is 0.404 e. The van der Waals surface area contributed by atoms with E-state index >= 15 is 0 Å². The molecule has 1 rings (SSSR count). The van der Waals surface area contributed by atoms with Crippen LogP contribution in [0.25, 0.3) is 0 Å². The Kier molecular flexibility index (Phi) is 3.95. The van der Waals surface area contributed by atoms with Crippen LogP contribution in [0.4, 0.5) is 4.79 Å². The van der Waals surface area contributed by atoms with E-state index in [4.69, 9.17) is 9.84 Å². The number of carboxylic acid groups (broad SMARTS) is 1. The molecular weight excluding hydrogens is 182 g/mol. The van der Waals surface area contributed by atoms with Gasteiger partial charge in [0, 0.05) is 0 Å². The molecule has 1 amide bonds. The first-order chi connectivity index (χ1) is 6.63. The molecule has 0 bridgehead atoms. The molecule has 0 aliphatic carbocycles. The van der Waals surface area contributed by atoms with Crippen LogP contribution in [0.1, 0.15) is 26.2 Å². The van der Waals surface area contributed by atoms with Gasteiger partial charge in [0.25, 0.3) is 0 Å². The van der Waals surface area contributed by atoms with Gasteiger partial charge in [-0.25, -0.2) is 4.79 Å². The highest BCUT2D eigenvalue weighted by Crippen LogP contribution is 2.21. The van der Waals surface area contributed by atoms with Crippen LogP contribution >= 0.6 is 0 Å². The molecule has 4 nitrogen and oxygen atoms in total. The Balaban J connectivity index is 2.39. The van der Waals surface area contributed by atoms with E-state index in [1.54, 1.807) is 0 Å². The van der Waals surface area contributed by atoms with Crippen molar-refractivity contribution in [3.63, 3.8) is 0 Å². The van der Waals surface area contributed by atoms with E-state index in [1.807, 2.05) is 13.0 Å².